The number of rotatable bonds is 2. The molecule has 1 atom stereocenters. The van der Waals surface area contributed by atoms with Crippen LogP contribution in [0.15, 0.2) is 12.2 Å². The molecule has 5 rings (SSSR count). The van der Waals surface area contributed by atoms with E-state index >= 15 is 0 Å². The molecule has 23 heavy (non-hydrogen) atoms. The zero-order chi connectivity index (χ0) is 16.2. The van der Waals surface area contributed by atoms with Crippen LogP contribution in [0.5, 0.6) is 0 Å². The number of hydrogen-bond acceptors (Lipinski definition) is 3. The molecule has 4 aliphatic carbocycles. The molecule has 0 aromatic rings. The molecule has 4 saturated carbocycles. The van der Waals surface area contributed by atoms with Crippen LogP contribution in [0.25, 0.3) is 0 Å². The summed E-state index contributed by atoms with van der Waals surface area (Å²) in [5.41, 5.74) is 0.945. The van der Waals surface area contributed by atoms with Crippen molar-refractivity contribution in [3.63, 3.8) is 0 Å². The molecule has 1 unspecified atom stereocenters. The van der Waals surface area contributed by atoms with Crippen molar-refractivity contribution in [2.45, 2.75) is 65.1 Å². The van der Waals surface area contributed by atoms with E-state index in [1.165, 1.54) is 38.5 Å². The number of hydrogen-bond donors (Lipinski definition) is 0. The Hall–Kier alpha value is -0.670. The Morgan fingerprint density at radius 2 is 1.61 bits per heavy atom. The quantitative estimate of drug-likeness (QED) is 0.719. The van der Waals surface area contributed by atoms with Gasteiger partial charge in [0.25, 0.3) is 0 Å². The fourth-order valence-electron chi connectivity index (χ4n) is 6.31. The largest absolute Gasteiger partial charge is 0.352 e. The summed E-state index contributed by atoms with van der Waals surface area (Å²) in [7, 11) is 0. The summed E-state index contributed by atoms with van der Waals surface area (Å²) in [5, 5.41) is 0. The molecular weight excluding hydrogens is 288 g/mol. The first-order valence-electron chi connectivity index (χ1n) is 9.34. The fraction of sp³-hybridized carbons (Fsp3) is 0.850. The standard InChI is InChI=1S/C20H30O3/c1-13-12-23-18(22-5-4-17(13)21)19(2,3)20-9-14-6-15(10-20)8-16(7-14)11-20/h14-16,18H,1,4-12H2,2-3H3. The van der Waals surface area contributed by atoms with Crippen LogP contribution in [0.3, 0.4) is 0 Å². The average Bonchev–Trinajstić information content (AvgIpc) is 2.46. The molecular formula is C20H30O3. The highest BCUT2D eigenvalue weighted by molar-refractivity contribution is 5.95. The summed E-state index contributed by atoms with van der Waals surface area (Å²) in [6, 6.07) is 0. The topological polar surface area (TPSA) is 35.5 Å². The molecule has 0 amide bonds. The van der Waals surface area contributed by atoms with E-state index in [2.05, 4.69) is 20.4 Å². The molecule has 0 aromatic heterocycles. The Balaban J connectivity index is 1.57. The van der Waals surface area contributed by atoms with Crippen LogP contribution >= 0.6 is 0 Å². The van der Waals surface area contributed by atoms with Crippen molar-refractivity contribution in [1.82, 2.24) is 0 Å². The molecule has 0 aromatic carbocycles. The van der Waals surface area contributed by atoms with Gasteiger partial charge in [-0.1, -0.05) is 20.4 Å². The van der Waals surface area contributed by atoms with Crippen molar-refractivity contribution in [3.8, 4) is 0 Å². The van der Waals surface area contributed by atoms with Gasteiger partial charge in [-0.3, -0.25) is 4.79 Å². The maximum Gasteiger partial charge on any atom is 0.163 e. The highest BCUT2D eigenvalue weighted by atomic mass is 16.7. The smallest absolute Gasteiger partial charge is 0.163 e. The molecule has 3 nitrogen and oxygen atoms in total. The van der Waals surface area contributed by atoms with E-state index < -0.39 is 0 Å². The number of carbonyl (C=O) groups excluding carboxylic acids is 1. The minimum atomic E-state index is -0.219. The van der Waals surface area contributed by atoms with Gasteiger partial charge in [0.2, 0.25) is 0 Å². The maximum atomic E-state index is 11.8. The van der Waals surface area contributed by atoms with Crippen LogP contribution < -0.4 is 0 Å². The van der Waals surface area contributed by atoms with Crippen LogP contribution in [0, 0.1) is 28.6 Å². The molecule has 0 radical (unpaired) electrons. The zero-order valence-corrected chi connectivity index (χ0v) is 14.6. The molecule has 0 spiro atoms. The highest BCUT2D eigenvalue weighted by Crippen LogP contribution is 2.67. The Morgan fingerprint density at radius 1 is 1.04 bits per heavy atom. The van der Waals surface area contributed by atoms with E-state index in [4.69, 9.17) is 9.47 Å². The van der Waals surface area contributed by atoms with E-state index in [1.54, 1.807) is 0 Å². The molecule has 1 saturated heterocycles. The van der Waals surface area contributed by atoms with Gasteiger partial charge in [-0.2, -0.15) is 0 Å². The second kappa shape index (κ2) is 5.42. The van der Waals surface area contributed by atoms with Crippen molar-refractivity contribution in [2.24, 2.45) is 28.6 Å². The number of ketones is 1. The van der Waals surface area contributed by atoms with Gasteiger partial charge in [0.15, 0.2) is 12.1 Å². The van der Waals surface area contributed by atoms with Gasteiger partial charge in [-0.15, -0.1) is 0 Å². The second-order valence-corrected chi connectivity index (χ2v) is 9.21. The molecule has 4 bridgehead atoms. The molecule has 1 heterocycles. The lowest BCUT2D eigenvalue weighted by atomic mass is 9.43. The van der Waals surface area contributed by atoms with E-state index in [9.17, 15) is 4.79 Å². The van der Waals surface area contributed by atoms with E-state index in [1.807, 2.05) is 0 Å². The molecule has 0 N–H and O–H groups in total. The van der Waals surface area contributed by atoms with Crippen molar-refractivity contribution >= 4 is 5.78 Å². The summed E-state index contributed by atoms with van der Waals surface area (Å²) in [6.07, 6.45) is 8.60. The predicted octanol–water partition coefficient (Wildman–Crippen LogP) is 4.12. The van der Waals surface area contributed by atoms with Crippen LogP contribution in [-0.2, 0) is 14.3 Å². The third-order valence-electron chi connectivity index (χ3n) is 7.40. The van der Waals surface area contributed by atoms with Gasteiger partial charge in [0.05, 0.1) is 13.2 Å². The predicted molar refractivity (Wildman–Crippen MR) is 88.8 cm³/mol. The van der Waals surface area contributed by atoms with Gasteiger partial charge in [-0.05, 0) is 61.7 Å². The summed E-state index contributed by atoms with van der Waals surface area (Å²) in [5.74, 6) is 2.85. The van der Waals surface area contributed by atoms with Crippen LogP contribution in [-0.4, -0.2) is 25.3 Å². The van der Waals surface area contributed by atoms with Crippen LogP contribution in [0.4, 0.5) is 0 Å². The molecule has 3 heteroatoms. The van der Waals surface area contributed by atoms with Crippen molar-refractivity contribution in [3.05, 3.63) is 12.2 Å². The molecule has 128 valence electrons. The van der Waals surface area contributed by atoms with Gasteiger partial charge in [-0.25, -0.2) is 0 Å². The number of ether oxygens (including phenoxy) is 2. The van der Waals surface area contributed by atoms with Gasteiger partial charge >= 0.3 is 0 Å². The minimum absolute atomic E-state index is 0.0102. The monoisotopic (exact) mass is 318 g/mol. The Kier molecular flexibility index (Phi) is 3.73. The minimum Gasteiger partial charge on any atom is -0.352 e. The van der Waals surface area contributed by atoms with Crippen LogP contribution in [0.1, 0.15) is 58.8 Å². The van der Waals surface area contributed by atoms with Gasteiger partial charge < -0.3 is 9.47 Å². The molecule has 5 fully saturated rings. The fourth-order valence-corrected chi connectivity index (χ4v) is 6.31. The van der Waals surface area contributed by atoms with E-state index in [0.717, 1.165) is 17.8 Å². The average molecular weight is 318 g/mol. The van der Waals surface area contributed by atoms with Gasteiger partial charge in [0, 0.05) is 17.4 Å². The first-order valence-corrected chi connectivity index (χ1v) is 9.34. The summed E-state index contributed by atoms with van der Waals surface area (Å²) in [6.45, 7) is 9.34. The third kappa shape index (κ3) is 2.51. The molecule has 1 aliphatic heterocycles. The van der Waals surface area contributed by atoms with Crippen molar-refractivity contribution < 1.29 is 14.3 Å². The summed E-state index contributed by atoms with van der Waals surface area (Å²) in [4.78, 5) is 11.8. The lowest BCUT2D eigenvalue weighted by molar-refractivity contribution is -0.256. The van der Waals surface area contributed by atoms with E-state index in [-0.39, 0.29) is 17.5 Å². The lowest BCUT2D eigenvalue weighted by Crippen LogP contribution is -2.57. The molecule has 5 aliphatic rings. The summed E-state index contributed by atoms with van der Waals surface area (Å²) < 4.78 is 12.1. The second-order valence-electron chi connectivity index (χ2n) is 9.21. The van der Waals surface area contributed by atoms with Gasteiger partial charge in [0.1, 0.15) is 0 Å². The highest BCUT2D eigenvalue weighted by Gasteiger charge is 2.59. The Bertz CT molecular complexity index is 484. The number of carbonyl (C=O) groups is 1. The first-order chi connectivity index (χ1) is 10.9. The van der Waals surface area contributed by atoms with E-state index in [0.29, 0.717) is 30.6 Å². The van der Waals surface area contributed by atoms with Crippen molar-refractivity contribution in [1.29, 1.82) is 0 Å². The number of Topliss-reactive ketones (excluding diaryl/α,β-unsaturated/α-hetero) is 1. The first kappa shape index (κ1) is 15.8. The Morgan fingerprint density at radius 3 is 2.17 bits per heavy atom. The van der Waals surface area contributed by atoms with Crippen molar-refractivity contribution in [2.75, 3.05) is 13.2 Å². The Labute approximate surface area is 139 Å². The zero-order valence-electron chi connectivity index (χ0n) is 14.6. The third-order valence-corrected chi connectivity index (χ3v) is 7.40. The lowest BCUT2D eigenvalue weighted by Gasteiger charge is -2.63. The van der Waals surface area contributed by atoms with Crippen LogP contribution in [0.2, 0.25) is 0 Å². The summed E-state index contributed by atoms with van der Waals surface area (Å²) >= 11 is 0. The SMILES string of the molecule is C=C1COC(C(C)(C)C23CC4CC(CC(C4)C2)C3)OCCC1=O. The maximum absolute atomic E-state index is 11.8. The normalized spacial score (nSPS) is 44.3.